The van der Waals surface area contributed by atoms with Gasteiger partial charge in [-0.2, -0.15) is 4.98 Å². The zero-order valence-corrected chi connectivity index (χ0v) is 16.6. The van der Waals surface area contributed by atoms with Crippen molar-refractivity contribution >= 4 is 21.1 Å². The number of rotatable bonds is 7. The van der Waals surface area contributed by atoms with Gasteiger partial charge >= 0.3 is 5.76 Å². The molecule has 1 fully saturated rings. The second-order valence-corrected chi connectivity index (χ2v) is 8.98. The van der Waals surface area contributed by atoms with Crippen LogP contribution in [-0.4, -0.2) is 23.1 Å². The molecule has 1 aliphatic rings. The summed E-state index contributed by atoms with van der Waals surface area (Å²) in [4.78, 5) is 16.6. The Bertz CT molecular complexity index is 1370. The van der Waals surface area contributed by atoms with E-state index in [1.807, 2.05) is 30.3 Å². The lowest BCUT2D eigenvalue weighted by Crippen LogP contribution is -2.23. The summed E-state index contributed by atoms with van der Waals surface area (Å²) in [5.74, 6) is 0.668. The highest BCUT2D eigenvalue weighted by Crippen LogP contribution is 2.38. The Morgan fingerprint density at radius 1 is 1.13 bits per heavy atom. The molecule has 4 aromatic rings. The van der Waals surface area contributed by atoms with Crippen LogP contribution in [0.3, 0.4) is 0 Å². The van der Waals surface area contributed by atoms with E-state index in [1.54, 1.807) is 6.07 Å². The van der Waals surface area contributed by atoms with Crippen LogP contribution in [0.2, 0.25) is 0 Å². The maximum atomic E-state index is 12.6. The van der Waals surface area contributed by atoms with E-state index in [0.29, 0.717) is 23.1 Å². The van der Waals surface area contributed by atoms with Crippen LogP contribution in [0.1, 0.15) is 36.0 Å². The topological polar surface area (TPSA) is 120 Å². The average molecular weight is 426 g/mol. The molecule has 0 amide bonds. The minimum atomic E-state index is -3.77. The molecular formula is C20H18N4O5S. The van der Waals surface area contributed by atoms with Crippen molar-refractivity contribution < 1.29 is 17.4 Å². The van der Waals surface area contributed by atoms with E-state index in [-0.39, 0.29) is 23.6 Å². The van der Waals surface area contributed by atoms with Crippen molar-refractivity contribution in [2.75, 3.05) is 0 Å². The highest BCUT2D eigenvalue weighted by Gasteiger charge is 2.29. The number of nitrogens with one attached hydrogen (secondary N) is 1. The highest BCUT2D eigenvalue weighted by molar-refractivity contribution is 7.89. The summed E-state index contributed by atoms with van der Waals surface area (Å²) in [6.45, 7) is 0.244. The molecule has 0 aliphatic heterocycles. The standard InChI is InChI=1S/C20H18N4O5S/c25-20-24(12-18-22-19(29-23-18)14-6-7-14)16-9-8-15(10-17(16)28-20)30(26,27)21-11-13-4-2-1-3-5-13/h1-5,8-10,14,21H,6-7,11-12H2. The van der Waals surface area contributed by atoms with Crippen molar-refractivity contribution in [2.24, 2.45) is 0 Å². The lowest BCUT2D eigenvalue weighted by Gasteiger charge is -2.07. The molecule has 0 saturated heterocycles. The fourth-order valence-corrected chi connectivity index (χ4v) is 4.22. The Kier molecular flexibility index (Phi) is 4.52. The smallest absolute Gasteiger partial charge is 0.408 e. The molecule has 30 heavy (non-hydrogen) atoms. The SMILES string of the molecule is O=c1oc2cc(S(=O)(=O)NCc3ccccc3)ccc2n1Cc1noc(C2CC2)n1. The molecule has 0 spiro atoms. The number of aromatic nitrogens is 3. The van der Waals surface area contributed by atoms with Crippen LogP contribution < -0.4 is 10.5 Å². The van der Waals surface area contributed by atoms with Crippen LogP contribution in [0.5, 0.6) is 0 Å². The number of benzene rings is 2. The third-order valence-electron chi connectivity index (χ3n) is 4.97. The van der Waals surface area contributed by atoms with Gasteiger partial charge in [0.15, 0.2) is 11.4 Å². The lowest BCUT2D eigenvalue weighted by molar-refractivity contribution is 0.372. The van der Waals surface area contributed by atoms with Crippen LogP contribution in [0, 0.1) is 0 Å². The van der Waals surface area contributed by atoms with Crippen molar-refractivity contribution in [3.63, 3.8) is 0 Å². The Morgan fingerprint density at radius 2 is 1.93 bits per heavy atom. The minimum Gasteiger partial charge on any atom is -0.408 e. The van der Waals surface area contributed by atoms with Crippen molar-refractivity contribution in [2.45, 2.75) is 36.7 Å². The van der Waals surface area contributed by atoms with Crippen LogP contribution in [0.25, 0.3) is 11.1 Å². The summed E-state index contributed by atoms with van der Waals surface area (Å²) in [7, 11) is -3.77. The molecule has 5 rings (SSSR count). The predicted octanol–water partition coefficient (Wildman–Crippen LogP) is 2.38. The Hall–Kier alpha value is -3.24. The first-order chi connectivity index (χ1) is 14.5. The number of fused-ring (bicyclic) bond motifs is 1. The van der Waals surface area contributed by atoms with Crippen molar-refractivity contribution in [1.29, 1.82) is 0 Å². The van der Waals surface area contributed by atoms with Gasteiger partial charge in [0.25, 0.3) is 0 Å². The maximum Gasteiger partial charge on any atom is 0.420 e. The molecule has 2 heterocycles. The second kappa shape index (κ2) is 7.22. The Balaban J connectivity index is 1.39. The Morgan fingerprint density at radius 3 is 2.70 bits per heavy atom. The zero-order chi connectivity index (χ0) is 20.7. The third kappa shape index (κ3) is 3.66. The molecule has 0 unspecified atom stereocenters. The molecule has 154 valence electrons. The monoisotopic (exact) mass is 426 g/mol. The van der Waals surface area contributed by atoms with Gasteiger partial charge in [0, 0.05) is 18.5 Å². The van der Waals surface area contributed by atoms with E-state index >= 15 is 0 Å². The minimum absolute atomic E-state index is 0.0161. The first-order valence-electron chi connectivity index (χ1n) is 9.49. The Labute approximate surface area is 171 Å². The van der Waals surface area contributed by atoms with Gasteiger partial charge in [0.2, 0.25) is 15.9 Å². The number of hydrogen-bond acceptors (Lipinski definition) is 7. The summed E-state index contributed by atoms with van der Waals surface area (Å²) in [6, 6.07) is 13.5. The molecule has 10 heteroatoms. The number of hydrogen-bond donors (Lipinski definition) is 1. The quantitative estimate of drug-likeness (QED) is 0.482. The summed E-state index contributed by atoms with van der Waals surface area (Å²) < 4.78 is 39.7. The van der Waals surface area contributed by atoms with E-state index in [4.69, 9.17) is 8.94 Å². The summed E-state index contributed by atoms with van der Waals surface area (Å²) in [6.07, 6.45) is 2.07. The molecule has 0 radical (unpaired) electrons. The molecule has 0 bridgehead atoms. The molecular weight excluding hydrogens is 408 g/mol. The first-order valence-corrected chi connectivity index (χ1v) is 11.0. The lowest BCUT2D eigenvalue weighted by atomic mass is 10.2. The number of sulfonamides is 1. The molecule has 2 aromatic carbocycles. The number of oxazole rings is 1. The summed E-state index contributed by atoms with van der Waals surface area (Å²) in [5, 5.41) is 3.92. The van der Waals surface area contributed by atoms with Crippen molar-refractivity contribution in [3.05, 3.63) is 76.4 Å². The van der Waals surface area contributed by atoms with Gasteiger partial charge in [-0.1, -0.05) is 35.5 Å². The maximum absolute atomic E-state index is 12.6. The first kappa shape index (κ1) is 18.8. The van der Waals surface area contributed by atoms with Crippen molar-refractivity contribution in [3.8, 4) is 0 Å². The molecule has 1 aliphatic carbocycles. The van der Waals surface area contributed by atoms with Crippen LogP contribution >= 0.6 is 0 Å². The van der Waals surface area contributed by atoms with Gasteiger partial charge in [-0.05, 0) is 30.5 Å². The van der Waals surface area contributed by atoms with Crippen LogP contribution in [0.4, 0.5) is 0 Å². The van der Waals surface area contributed by atoms with Gasteiger partial charge in [0.05, 0.1) is 17.0 Å². The van der Waals surface area contributed by atoms with Gasteiger partial charge in [-0.15, -0.1) is 0 Å². The van der Waals surface area contributed by atoms with Gasteiger partial charge in [0.1, 0.15) is 0 Å². The van der Waals surface area contributed by atoms with Crippen molar-refractivity contribution in [1.82, 2.24) is 19.4 Å². The van der Waals surface area contributed by atoms with E-state index < -0.39 is 15.8 Å². The fourth-order valence-electron chi connectivity index (χ4n) is 3.19. The van der Waals surface area contributed by atoms with E-state index in [2.05, 4.69) is 14.9 Å². The van der Waals surface area contributed by atoms with Gasteiger partial charge in [-0.3, -0.25) is 4.57 Å². The molecule has 2 aromatic heterocycles. The van der Waals surface area contributed by atoms with Gasteiger partial charge in [-0.25, -0.2) is 17.9 Å². The highest BCUT2D eigenvalue weighted by atomic mass is 32.2. The third-order valence-corrected chi connectivity index (χ3v) is 6.37. The molecule has 0 atom stereocenters. The van der Waals surface area contributed by atoms with E-state index in [9.17, 15) is 13.2 Å². The normalized spacial score (nSPS) is 14.4. The predicted molar refractivity (Wildman–Crippen MR) is 106 cm³/mol. The average Bonchev–Trinajstić information content (AvgIpc) is 3.42. The number of nitrogens with zero attached hydrogens (tertiary/aromatic N) is 3. The van der Waals surface area contributed by atoms with E-state index in [1.165, 1.54) is 16.7 Å². The van der Waals surface area contributed by atoms with E-state index in [0.717, 1.165) is 18.4 Å². The van der Waals surface area contributed by atoms with Crippen LogP contribution in [-0.2, 0) is 23.1 Å². The zero-order valence-electron chi connectivity index (χ0n) is 15.8. The second-order valence-electron chi connectivity index (χ2n) is 7.22. The van der Waals surface area contributed by atoms with Crippen LogP contribution in [0.15, 0.2) is 67.2 Å². The molecule has 1 N–H and O–H groups in total. The summed E-state index contributed by atoms with van der Waals surface area (Å²) >= 11 is 0. The van der Waals surface area contributed by atoms with Gasteiger partial charge < -0.3 is 8.94 Å². The largest absolute Gasteiger partial charge is 0.420 e. The molecule has 1 saturated carbocycles. The molecule has 9 nitrogen and oxygen atoms in total. The fraction of sp³-hybridized carbons (Fsp3) is 0.250. The summed E-state index contributed by atoms with van der Waals surface area (Å²) in [5.41, 5.74) is 1.47.